The number of aliphatic carboxylic acids is 1. The van der Waals surface area contributed by atoms with E-state index in [4.69, 9.17) is 5.11 Å². The first-order chi connectivity index (χ1) is 10.1. The summed E-state index contributed by atoms with van der Waals surface area (Å²) in [5.41, 5.74) is 2.33. The number of piperidine rings is 1. The van der Waals surface area contributed by atoms with Gasteiger partial charge in [0, 0.05) is 19.6 Å². The molecule has 0 aromatic heterocycles. The van der Waals surface area contributed by atoms with Crippen molar-refractivity contribution in [3.63, 3.8) is 0 Å². The van der Waals surface area contributed by atoms with Crippen LogP contribution in [0, 0.1) is 5.92 Å². The number of likely N-dealkylation sites (tertiary alicyclic amines) is 1. The van der Waals surface area contributed by atoms with Crippen LogP contribution in [0.3, 0.4) is 0 Å². The highest BCUT2D eigenvalue weighted by atomic mass is 16.4. The van der Waals surface area contributed by atoms with Gasteiger partial charge in [0.15, 0.2) is 0 Å². The van der Waals surface area contributed by atoms with E-state index >= 15 is 0 Å². The Morgan fingerprint density at radius 2 is 2.05 bits per heavy atom. The topological polar surface area (TPSA) is 69.6 Å². The van der Waals surface area contributed by atoms with Crippen molar-refractivity contribution in [1.29, 1.82) is 0 Å². The predicted octanol–water partition coefficient (Wildman–Crippen LogP) is 2.26. The van der Waals surface area contributed by atoms with Gasteiger partial charge in [0.05, 0.1) is 5.92 Å². The summed E-state index contributed by atoms with van der Waals surface area (Å²) in [5.74, 6) is -1.25. The van der Waals surface area contributed by atoms with Gasteiger partial charge in [0.1, 0.15) is 0 Å². The van der Waals surface area contributed by atoms with Gasteiger partial charge < -0.3 is 15.3 Å². The number of urea groups is 1. The summed E-state index contributed by atoms with van der Waals surface area (Å²) < 4.78 is 0. The first kappa shape index (κ1) is 15.4. The summed E-state index contributed by atoms with van der Waals surface area (Å²) in [5, 5.41) is 12.0. The molecule has 1 aliphatic rings. The van der Waals surface area contributed by atoms with Crippen LogP contribution in [0.25, 0.3) is 0 Å². The van der Waals surface area contributed by atoms with Crippen LogP contribution < -0.4 is 5.32 Å². The molecule has 0 unspecified atom stereocenters. The molecule has 0 spiro atoms. The van der Waals surface area contributed by atoms with Crippen molar-refractivity contribution in [3.05, 3.63) is 35.4 Å². The average Bonchev–Trinajstić information content (AvgIpc) is 2.52. The van der Waals surface area contributed by atoms with Crippen LogP contribution in [0.5, 0.6) is 0 Å². The molecule has 0 saturated carbocycles. The zero-order chi connectivity index (χ0) is 15.2. The first-order valence-corrected chi connectivity index (χ1v) is 7.44. The van der Waals surface area contributed by atoms with Crippen LogP contribution >= 0.6 is 0 Å². The summed E-state index contributed by atoms with van der Waals surface area (Å²) in [6.07, 6.45) is 2.32. The number of carbonyl (C=O) groups is 2. The summed E-state index contributed by atoms with van der Waals surface area (Å²) in [6.45, 7) is 3.50. The van der Waals surface area contributed by atoms with Gasteiger partial charge in [-0.2, -0.15) is 0 Å². The Labute approximate surface area is 125 Å². The van der Waals surface area contributed by atoms with E-state index < -0.39 is 11.9 Å². The van der Waals surface area contributed by atoms with Crippen molar-refractivity contribution in [1.82, 2.24) is 10.2 Å². The third kappa shape index (κ3) is 3.97. The highest BCUT2D eigenvalue weighted by Gasteiger charge is 2.27. The Hall–Kier alpha value is -2.04. The minimum Gasteiger partial charge on any atom is -0.481 e. The van der Waals surface area contributed by atoms with E-state index in [1.54, 1.807) is 4.90 Å². The van der Waals surface area contributed by atoms with E-state index in [1.165, 1.54) is 5.56 Å². The molecule has 1 aromatic carbocycles. The number of carbonyl (C=O) groups excluding carboxylic acids is 1. The van der Waals surface area contributed by atoms with Crippen molar-refractivity contribution in [2.75, 3.05) is 13.1 Å². The summed E-state index contributed by atoms with van der Waals surface area (Å²) in [4.78, 5) is 24.8. The van der Waals surface area contributed by atoms with E-state index in [9.17, 15) is 9.59 Å². The van der Waals surface area contributed by atoms with Crippen LogP contribution in [0.15, 0.2) is 24.3 Å². The lowest BCUT2D eigenvalue weighted by molar-refractivity contribution is -0.143. The molecule has 1 aromatic rings. The van der Waals surface area contributed by atoms with Gasteiger partial charge in [-0.25, -0.2) is 4.79 Å². The number of carboxylic acid groups (broad SMARTS) is 1. The van der Waals surface area contributed by atoms with Gasteiger partial charge in [0.25, 0.3) is 0 Å². The quantitative estimate of drug-likeness (QED) is 0.893. The second kappa shape index (κ2) is 7.11. The average molecular weight is 290 g/mol. The maximum atomic E-state index is 12.2. The van der Waals surface area contributed by atoms with Gasteiger partial charge in [0.2, 0.25) is 0 Å². The molecular weight excluding hydrogens is 268 g/mol. The fraction of sp³-hybridized carbons (Fsp3) is 0.500. The molecule has 1 fully saturated rings. The van der Waals surface area contributed by atoms with E-state index in [0.717, 1.165) is 18.4 Å². The Bertz CT molecular complexity index is 516. The molecule has 2 amide bonds. The van der Waals surface area contributed by atoms with Gasteiger partial charge >= 0.3 is 12.0 Å². The first-order valence-electron chi connectivity index (χ1n) is 7.44. The molecule has 5 heteroatoms. The fourth-order valence-corrected chi connectivity index (χ4v) is 2.72. The molecule has 1 saturated heterocycles. The molecule has 2 rings (SSSR count). The highest BCUT2D eigenvalue weighted by molar-refractivity contribution is 5.76. The van der Waals surface area contributed by atoms with Crippen LogP contribution in [0.4, 0.5) is 4.79 Å². The summed E-state index contributed by atoms with van der Waals surface area (Å²) >= 11 is 0. The molecule has 0 aliphatic carbocycles. The molecule has 1 atom stereocenters. The van der Waals surface area contributed by atoms with Crippen molar-refractivity contribution in [3.8, 4) is 0 Å². The molecule has 1 heterocycles. The predicted molar refractivity (Wildman–Crippen MR) is 80.0 cm³/mol. The van der Waals surface area contributed by atoms with Gasteiger partial charge in [-0.3, -0.25) is 4.79 Å². The van der Waals surface area contributed by atoms with E-state index in [-0.39, 0.29) is 6.03 Å². The number of nitrogens with zero attached hydrogens (tertiary/aromatic N) is 1. The number of hydrogen-bond acceptors (Lipinski definition) is 2. The van der Waals surface area contributed by atoms with E-state index in [1.807, 2.05) is 18.2 Å². The largest absolute Gasteiger partial charge is 0.481 e. The van der Waals surface area contributed by atoms with Crippen LogP contribution in [-0.4, -0.2) is 35.1 Å². The number of carboxylic acids is 1. The minimum atomic E-state index is -0.816. The number of rotatable bonds is 4. The van der Waals surface area contributed by atoms with Crippen molar-refractivity contribution in [2.24, 2.45) is 5.92 Å². The fourth-order valence-electron chi connectivity index (χ4n) is 2.72. The second-order valence-electron chi connectivity index (χ2n) is 5.40. The number of amides is 2. The molecule has 0 radical (unpaired) electrons. The molecule has 114 valence electrons. The molecule has 1 aliphatic heterocycles. The minimum absolute atomic E-state index is 0.174. The number of aryl methyl sites for hydroxylation is 1. The number of nitrogens with one attached hydrogen (secondary N) is 1. The zero-order valence-electron chi connectivity index (χ0n) is 12.3. The molecule has 21 heavy (non-hydrogen) atoms. The zero-order valence-corrected chi connectivity index (χ0v) is 12.3. The number of benzene rings is 1. The highest BCUT2D eigenvalue weighted by Crippen LogP contribution is 2.17. The standard InChI is InChI=1S/C16H22N2O3/c1-2-12-6-3-4-7-13(12)10-17-16(21)18-9-5-8-14(11-18)15(19)20/h3-4,6-7,14H,2,5,8-11H2,1H3,(H,17,21)(H,19,20)/t14-/m0/s1. The van der Waals surface area contributed by atoms with Gasteiger partial charge in [-0.15, -0.1) is 0 Å². The van der Waals surface area contributed by atoms with E-state index in [0.29, 0.717) is 26.1 Å². The van der Waals surface area contributed by atoms with Crippen molar-refractivity contribution < 1.29 is 14.7 Å². The Balaban J connectivity index is 1.91. The van der Waals surface area contributed by atoms with Gasteiger partial charge in [-0.1, -0.05) is 31.2 Å². The Morgan fingerprint density at radius 3 is 2.71 bits per heavy atom. The van der Waals surface area contributed by atoms with Crippen molar-refractivity contribution >= 4 is 12.0 Å². The number of hydrogen-bond donors (Lipinski definition) is 2. The molecule has 5 nitrogen and oxygen atoms in total. The third-order valence-corrected chi connectivity index (χ3v) is 3.99. The maximum absolute atomic E-state index is 12.2. The Kier molecular flexibility index (Phi) is 5.20. The summed E-state index contributed by atoms with van der Waals surface area (Å²) in [6, 6.07) is 7.85. The lowest BCUT2D eigenvalue weighted by atomic mass is 9.99. The molecular formula is C16H22N2O3. The lowest BCUT2D eigenvalue weighted by Gasteiger charge is -2.30. The van der Waals surface area contributed by atoms with E-state index in [2.05, 4.69) is 18.3 Å². The lowest BCUT2D eigenvalue weighted by Crippen LogP contribution is -2.46. The SMILES string of the molecule is CCc1ccccc1CNC(=O)N1CCC[C@H](C(=O)O)C1. The molecule has 2 N–H and O–H groups in total. The Morgan fingerprint density at radius 1 is 1.33 bits per heavy atom. The maximum Gasteiger partial charge on any atom is 0.317 e. The third-order valence-electron chi connectivity index (χ3n) is 3.99. The van der Waals surface area contributed by atoms with Gasteiger partial charge in [-0.05, 0) is 30.4 Å². The molecule has 0 bridgehead atoms. The monoisotopic (exact) mass is 290 g/mol. The van der Waals surface area contributed by atoms with Crippen molar-refractivity contribution in [2.45, 2.75) is 32.7 Å². The second-order valence-corrected chi connectivity index (χ2v) is 5.40. The normalized spacial score (nSPS) is 18.3. The van der Waals surface area contributed by atoms with Crippen LogP contribution in [-0.2, 0) is 17.8 Å². The van der Waals surface area contributed by atoms with Crippen LogP contribution in [0.2, 0.25) is 0 Å². The van der Waals surface area contributed by atoms with Crippen LogP contribution in [0.1, 0.15) is 30.9 Å². The smallest absolute Gasteiger partial charge is 0.317 e. The summed E-state index contributed by atoms with van der Waals surface area (Å²) in [7, 11) is 0.